The van der Waals surface area contributed by atoms with Crippen LogP contribution in [-0.2, 0) is 5.41 Å². The van der Waals surface area contributed by atoms with Crippen LogP contribution in [0.1, 0.15) is 26.3 Å². The van der Waals surface area contributed by atoms with Crippen LogP contribution in [0.15, 0.2) is 180 Å². The monoisotopic (exact) mass is 765 g/mol. The number of hydrogen-bond donors (Lipinski definition) is 0. The van der Waals surface area contributed by atoms with Gasteiger partial charge in [-0.15, -0.1) is 0 Å². The van der Waals surface area contributed by atoms with Gasteiger partial charge in [-0.05, 0) is 82.8 Å². The molecule has 0 spiro atoms. The Kier molecular flexibility index (Phi) is 7.92. The summed E-state index contributed by atoms with van der Waals surface area (Å²) >= 11 is 0. The van der Waals surface area contributed by atoms with Gasteiger partial charge < -0.3 is 19.1 Å². The van der Waals surface area contributed by atoms with Gasteiger partial charge >= 0.3 is 0 Å². The summed E-state index contributed by atoms with van der Waals surface area (Å²) in [6.45, 7) is 7.39. The summed E-state index contributed by atoms with van der Waals surface area (Å²) in [5.41, 5.74) is 16.7. The van der Waals surface area contributed by atoms with E-state index in [1.165, 1.54) is 44.9 Å². The highest BCUT2D eigenvalue weighted by molar-refractivity contribution is 6.23. The normalized spacial score (nSPS) is 12.9. The van der Waals surface area contributed by atoms with Crippen molar-refractivity contribution in [3.63, 3.8) is 0 Å². The van der Waals surface area contributed by atoms with E-state index in [2.05, 4.69) is 217 Å². The fourth-order valence-corrected chi connectivity index (χ4v) is 9.01. The van der Waals surface area contributed by atoms with Crippen molar-refractivity contribution < 1.29 is 4.42 Å². The maximum atomic E-state index is 6.56. The van der Waals surface area contributed by atoms with Crippen LogP contribution in [0.25, 0.3) is 61.0 Å². The van der Waals surface area contributed by atoms with Crippen molar-refractivity contribution in [1.29, 1.82) is 0 Å². The highest BCUT2D eigenvalue weighted by atomic mass is 16.3. The Morgan fingerprint density at radius 3 is 1.92 bits per heavy atom. The molecule has 286 valence electrons. The predicted octanol–water partition coefficient (Wildman–Crippen LogP) is 14.0. The summed E-state index contributed by atoms with van der Waals surface area (Å²) in [4.78, 5) is 12.1. The number of pyridine rings is 1. The first-order chi connectivity index (χ1) is 28.8. The van der Waals surface area contributed by atoms with Crippen LogP contribution >= 0.6 is 0 Å². The largest absolute Gasteiger partial charge is 0.456 e. The molecule has 0 fully saturated rings. The maximum Gasteiger partial charge on any atom is 0.139 e. The molecule has 0 radical (unpaired) electrons. The summed E-state index contributed by atoms with van der Waals surface area (Å²) in [7, 11) is 2.14. The SMILES string of the molecule is CN(c1cccc(N2CN(c3c(-c4ccccc4)cccc3-c3ccccc3)c3ccccc32)c1)c1cc2oc3cccc4c3c2c(c1)n4-c1cc(C(C)(C)C)ccn1. The van der Waals surface area contributed by atoms with Gasteiger partial charge in [0.05, 0.1) is 38.9 Å². The molecule has 0 atom stereocenters. The fraction of sp³-hybridized carbons (Fsp3) is 0.113. The van der Waals surface area contributed by atoms with Crippen molar-refractivity contribution in [2.75, 3.05) is 28.4 Å². The Labute approximate surface area is 344 Å². The topological polar surface area (TPSA) is 40.7 Å². The molecule has 10 aromatic rings. The second kappa shape index (κ2) is 13.4. The molecule has 4 heterocycles. The van der Waals surface area contributed by atoms with Gasteiger partial charge in [-0.25, -0.2) is 4.98 Å². The van der Waals surface area contributed by atoms with Gasteiger partial charge in [0.25, 0.3) is 0 Å². The van der Waals surface area contributed by atoms with E-state index in [0.29, 0.717) is 6.67 Å². The highest BCUT2D eigenvalue weighted by Gasteiger charge is 2.32. The lowest BCUT2D eigenvalue weighted by Crippen LogP contribution is -2.25. The van der Waals surface area contributed by atoms with Crippen molar-refractivity contribution in [2.24, 2.45) is 0 Å². The summed E-state index contributed by atoms with van der Waals surface area (Å²) in [5.74, 6) is 0.908. The van der Waals surface area contributed by atoms with Crippen LogP contribution in [0.4, 0.5) is 34.1 Å². The maximum absolute atomic E-state index is 6.56. The number of furan rings is 1. The second-order valence-corrected chi connectivity index (χ2v) is 16.6. The van der Waals surface area contributed by atoms with Crippen LogP contribution in [0.2, 0.25) is 0 Å². The zero-order valence-corrected chi connectivity index (χ0v) is 33.6. The predicted molar refractivity (Wildman–Crippen MR) is 246 cm³/mol. The molecule has 0 bridgehead atoms. The Bertz CT molecular complexity index is 3100. The number of hydrogen-bond acceptors (Lipinski definition) is 5. The van der Waals surface area contributed by atoms with Gasteiger partial charge in [0, 0.05) is 47.5 Å². The first-order valence-electron chi connectivity index (χ1n) is 20.3. The summed E-state index contributed by atoms with van der Waals surface area (Å²) in [5, 5.41) is 2.27. The van der Waals surface area contributed by atoms with Gasteiger partial charge in [0.2, 0.25) is 0 Å². The molecule has 6 nitrogen and oxygen atoms in total. The van der Waals surface area contributed by atoms with E-state index >= 15 is 0 Å². The lowest BCUT2D eigenvalue weighted by molar-refractivity contribution is 0.588. The van der Waals surface area contributed by atoms with Crippen molar-refractivity contribution in [1.82, 2.24) is 9.55 Å². The molecule has 7 aromatic carbocycles. The van der Waals surface area contributed by atoms with Crippen LogP contribution in [0, 0.1) is 0 Å². The number of para-hydroxylation sites is 3. The molecular formula is C53H43N5O. The van der Waals surface area contributed by atoms with Gasteiger partial charge in [-0.1, -0.05) is 124 Å². The number of benzene rings is 7. The van der Waals surface area contributed by atoms with E-state index in [0.717, 1.165) is 55.9 Å². The minimum Gasteiger partial charge on any atom is -0.456 e. The van der Waals surface area contributed by atoms with E-state index in [1.807, 2.05) is 6.20 Å². The average molecular weight is 766 g/mol. The molecule has 11 rings (SSSR count). The smallest absolute Gasteiger partial charge is 0.139 e. The Morgan fingerprint density at radius 1 is 0.559 bits per heavy atom. The number of rotatable bonds is 7. The minimum absolute atomic E-state index is 0.00824. The van der Waals surface area contributed by atoms with Crippen molar-refractivity contribution in [2.45, 2.75) is 26.2 Å². The fourth-order valence-electron chi connectivity index (χ4n) is 9.01. The first kappa shape index (κ1) is 34.9. The molecule has 0 saturated carbocycles. The number of nitrogens with zero attached hydrogens (tertiary/aromatic N) is 5. The summed E-state index contributed by atoms with van der Waals surface area (Å²) in [6.07, 6.45) is 1.93. The van der Waals surface area contributed by atoms with Crippen molar-refractivity contribution in [3.8, 4) is 28.1 Å². The van der Waals surface area contributed by atoms with Crippen LogP contribution < -0.4 is 14.7 Å². The lowest BCUT2D eigenvalue weighted by Gasteiger charge is -2.28. The molecule has 6 heteroatoms. The molecule has 1 aliphatic rings. The molecule has 0 amide bonds. The van der Waals surface area contributed by atoms with Gasteiger partial charge in [0.1, 0.15) is 23.7 Å². The van der Waals surface area contributed by atoms with E-state index in [-0.39, 0.29) is 5.41 Å². The standard InChI is InChI=1S/C53H43N5O/c1-53(2,3)37-28-29-54-49(30-37)58-45-26-15-27-47-50(45)51-46(58)32-40(33-48(51)59-47)55(4)38-20-13-21-39(31-38)56-34-57(44-25-12-11-24-43(44)56)52-41(35-16-7-5-8-17-35)22-14-23-42(52)36-18-9-6-10-19-36/h5-33H,34H2,1-4H3. The molecular weight excluding hydrogens is 723 g/mol. The summed E-state index contributed by atoms with van der Waals surface area (Å²) < 4.78 is 8.86. The quantitative estimate of drug-likeness (QED) is 0.162. The zero-order chi connectivity index (χ0) is 39.8. The number of aromatic nitrogens is 2. The number of anilines is 6. The van der Waals surface area contributed by atoms with Crippen LogP contribution in [0.3, 0.4) is 0 Å². The molecule has 0 saturated heterocycles. The van der Waals surface area contributed by atoms with Crippen LogP contribution in [0.5, 0.6) is 0 Å². The van der Waals surface area contributed by atoms with Crippen LogP contribution in [-0.4, -0.2) is 23.3 Å². The Hall–Kier alpha value is -7.31. The Morgan fingerprint density at radius 2 is 1.20 bits per heavy atom. The molecule has 3 aromatic heterocycles. The Balaban J connectivity index is 1.01. The number of fused-ring (bicyclic) bond motifs is 1. The third kappa shape index (κ3) is 5.66. The molecule has 59 heavy (non-hydrogen) atoms. The van der Waals surface area contributed by atoms with E-state index in [1.54, 1.807) is 0 Å². The van der Waals surface area contributed by atoms with E-state index < -0.39 is 0 Å². The molecule has 0 N–H and O–H groups in total. The summed E-state index contributed by atoms with van der Waals surface area (Å²) in [6, 6.07) is 60.9. The van der Waals surface area contributed by atoms with E-state index in [9.17, 15) is 0 Å². The molecule has 0 aliphatic carbocycles. The zero-order valence-electron chi connectivity index (χ0n) is 33.6. The van der Waals surface area contributed by atoms with Crippen molar-refractivity contribution in [3.05, 3.63) is 182 Å². The van der Waals surface area contributed by atoms with Gasteiger partial charge in [-0.3, -0.25) is 4.57 Å². The third-order valence-electron chi connectivity index (χ3n) is 12.0. The first-order valence-corrected chi connectivity index (χ1v) is 20.3. The average Bonchev–Trinajstić information content (AvgIpc) is 3.97. The van der Waals surface area contributed by atoms with Crippen molar-refractivity contribution >= 4 is 67.1 Å². The van der Waals surface area contributed by atoms with Gasteiger partial charge in [-0.2, -0.15) is 0 Å². The second-order valence-electron chi connectivity index (χ2n) is 16.6. The van der Waals surface area contributed by atoms with Gasteiger partial charge in [0.15, 0.2) is 0 Å². The van der Waals surface area contributed by atoms with E-state index in [4.69, 9.17) is 9.40 Å². The minimum atomic E-state index is -0.00824. The molecule has 0 unspecified atom stereocenters. The highest BCUT2D eigenvalue weighted by Crippen LogP contribution is 2.51. The lowest BCUT2D eigenvalue weighted by atomic mass is 9.88. The third-order valence-corrected chi connectivity index (χ3v) is 12.0. The molecule has 1 aliphatic heterocycles.